The van der Waals surface area contributed by atoms with Gasteiger partial charge in [-0.3, -0.25) is 9.69 Å². The number of benzene rings is 1. The lowest BCUT2D eigenvalue weighted by molar-refractivity contribution is -0.0652. The van der Waals surface area contributed by atoms with E-state index in [-0.39, 0.29) is 23.8 Å². The molecule has 1 fully saturated rings. The van der Waals surface area contributed by atoms with Crippen molar-refractivity contribution in [1.29, 1.82) is 0 Å². The Bertz CT molecular complexity index is 657. The standard InChI is InChI=1S/C16H19FN2O2/c1-10-7-19(8-11(2)21-10)9-16(20)14-6-18-15-4-3-12(17)5-13(14)15/h3-6,10-11,18H,7-9H2,1-2H3. The number of morpholine rings is 1. The minimum atomic E-state index is -0.329. The molecule has 1 aromatic carbocycles. The molecule has 1 saturated heterocycles. The van der Waals surface area contributed by atoms with E-state index in [1.807, 2.05) is 13.8 Å². The molecule has 1 aliphatic heterocycles. The first kappa shape index (κ1) is 14.2. The first-order chi connectivity index (χ1) is 10.0. The summed E-state index contributed by atoms with van der Waals surface area (Å²) in [5, 5.41) is 0.648. The number of halogens is 1. The van der Waals surface area contributed by atoms with Crippen molar-refractivity contribution in [1.82, 2.24) is 9.88 Å². The van der Waals surface area contributed by atoms with Gasteiger partial charge in [0.05, 0.1) is 18.8 Å². The molecule has 1 aromatic heterocycles. The number of carbonyl (C=O) groups excluding carboxylic acids is 1. The Balaban J connectivity index is 1.79. The van der Waals surface area contributed by atoms with Crippen LogP contribution in [0.1, 0.15) is 24.2 Å². The molecule has 2 atom stereocenters. The molecule has 3 rings (SSSR count). The molecule has 0 radical (unpaired) electrons. The number of nitrogens with one attached hydrogen (secondary N) is 1. The third-order valence-electron chi connectivity index (χ3n) is 3.81. The van der Waals surface area contributed by atoms with Crippen LogP contribution in [-0.4, -0.2) is 47.5 Å². The predicted molar refractivity (Wildman–Crippen MR) is 79.0 cm³/mol. The third-order valence-corrected chi connectivity index (χ3v) is 3.81. The zero-order valence-corrected chi connectivity index (χ0v) is 12.2. The van der Waals surface area contributed by atoms with Crippen molar-refractivity contribution in [3.63, 3.8) is 0 Å². The van der Waals surface area contributed by atoms with E-state index in [9.17, 15) is 9.18 Å². The molecule has 1 N–H and O–H groups in total. The highest BCUT2D eigenvalue weighted by molar-refractivity contribution is 6.08. The van der Waals surface area contributed by atoms with Crippen molar-refractivity contribution in [2.24, 2.45) is 0 Å². The normalized spacial score (nSPS) is 23.6. The topological polar surface area (TPSA) is 45.3 Å². The number of aromatic amines is 1. The molecule has 4 nitrogen and oxygen atoms in total. The number of carbonyl (C=O) groups is 1. The average molecular weight is 290 g/mol. The largest absolute Gasteiger partial charge is 0.373 e. The lowest BCUT2D eigenvalue weighted by Gasteiger charge is -2.34. The van der Waals surface area contributed by atoms with Crippen LogP contribution in [0.15, 0.2) is 24.4 Å². The van der Waals surface area contributed by atoms with Crippen molar-refractivity contribution in [2.75, 3.05) is 19.6 Å². The fourth-order valence-electron chi connectivity index (χ4n) is 3.03. The molecule has 0 aliphatic carbocycles. The van der Waals surface area contributed by atoms with Crippen LogP contribution in [0.3, 0.4) is 0 Å². The zero-order valence-electron chi connectivity index (χ0n) is 12.2. The van der Waals surface area contributed by atoms with Crippen LogP contribution in [0.25, 0.3) is 10.9 Å². The third kappa shape index (κ3) is 2.99. The number of nitrogens with zero attached hydrogens (tertiary/aromatic N) is 1. The van der Waals surface area contributed by atoms with Gasteiger partial charge in [-0.25, -0.2) is 4.39 Å². The van der Waals surface area contributed by atoms with E-state index in [1.54, 1.807) is 12.3 Å². The summed E-state index contributed by atoms with van der Waals surface area (Å²) >= 11 is 0. The Morgan fingerprint density at radius 2 is 2.10 bits per heavy atom. The van der Waals surface area contributed by atoms with Crippen molar-refractivity contribution in [2.45, 2.75) is 26.1 Å². The Hall–Kier alpha value is -1.72. The maximum absolute atomic E-state index is 13.4. The molecule has 21 heavy (non-hydrogen) atoms. The Morgan fingerprint density at radius 1 is 1.38 bits per heavy atom. The van der Waals surface area contributed by atoms with Gasteiger partial charge in [-0.2, -0.15) is 0 Å². The fourth-order valence-corrected chi connectivity index (χ4v) is 3.03. The van der Waals surface area contributed by atoms with E-state index >= 15 is 0 Å². The molecule has 2 unspecified atom stereocenters. The van der Waals surface area contributed by atoms with E-state index in [1.165, 1.54) is 12.1 Å². The fraction of sp³-hybridized carbons (Fsp3) is 0.438. The number of aromatic nitrogens is 1. The lowest BCUT2D eigenvalue weighted by atomic mass is 10.1. The molecule has 0 bridgehead atoms. The highest BCUT2D eigenvalue weighted by atomic mass is 19.1. The molecular weight excluding hydrogens is 271 g/mol. The summed E-state index contributed by atoms with van der Waals surface area (Å²) in [7, 11) is 0. The van der Waals surface area contributed by atoms with Crippen LogP contribution in [0.2, 0.25) is 0 Å². The summed E-state index contributed by atoms with van der Waals surface area (Å²) in [5.74, 6) is -0.321. The average Bonchev–Trinajstić information content (AvgIpc) is 2.80. The predicted octanol–water partition coefficient (Wildman–Crippen LogP) is 2.60. The van der Waals surface area contributed by atoms with Gasteiger partial charge in [0.1, 0.15) is 5.82 Å². The summed E-state index contributed by atoms with van der Waals surface area (Å²) < 4.78 is 19.0. The number of fused-ring (bicyclic) bond motifs is 1. The Morgan fingerprint density at radius 3 is 2.81 bits per heavy atom. The van der Waals surface area contributed by atoms with Crippen molar-refractivity contribution < 1.29 is 13.9 Å². The van der Waals surface area contributed by atoms with E-state index in [0.29, 0.717) is 17.5 Å². The minimum Gasteiger partial charge on any atom is -0.373 e. The summed E-state index contributed by atoms with van der Waals surface area (Å²) in [6, 6.07) is 4.45. The molecule has 112 valence electrons. The van der Waals surface area contributed by atoms with Crippen LogP contribution in [0.5, 0.6) is 0 Å². The van der Waals surface area contributed by atoms with Crippen molar-refractivity contribution in [3.05, 3.63) is 35.8 Å². The number of hydrogen-bond acceptors (Lipinski definition) is 3. The first-order valence-electron chi connectivity index (χ1n) is 7.20. The van der Waals surface area contributed by atoms with E-state index in [0.717, 1.165) is 18.6 Å². The molecular formula is C16H19FN2O2. The number of rotatable bonds is 3. The van der Waals surface area contributed by atoms with Crippen LogP contribution in [-0.2, 0) is 4.74 Å². The second kappa shape index (κ2) is 5.58. The highest BCUT2D eigenvalue weighted by Gasteiger charge is 2.24. The molecule has 2 aromatic rings. The van der Waals surface area contributed by atoms with E-state index in [2.05, 4.69) is 9.88 Å². The smallest absolute Gasteiger partial charge is 0.178 e. The van der Waals surface area contributed by atoms with Crippen molar-refractivity contribution in [3.8, 4) is 0 Å². The van der Waals surface area contributed by atoms with Crippen molar-refractivity contribution >= 4 is 16.7 Å². The van der Waals surface area contributed by atoms with Gasteiger partial charge in [0.25, 0.3) is 0 Å². The highest BCUT2D eigenvalue weighted by Crippen LogP contribution is 2.21. The Kier molecular flexibility index (Phi) is 3.78. The van der Waals surface area contributed by atoms with Gasteiger partial charge in [0, 0.05) is 35.8 Å². The van der Waals surface area contributed by atoms with Gasteiger partial charge in [-0.05, 0) is 32.0 Å². The summed E-state index contributed by atoms with van der Waals surface area (Å²) in [5.41, 5.74) is 1.33. The van der Waals surface area contributed by atoms with E-state index in [4.69, 9.17) is 4.74 Å². The van der Waals surface area contributed by atoms with Gasteiger partial charge >= 0.3 is 0 Å². The number of hydrogen-bond donors (Lipinski definition) is 1. The second-order valence-corrected chi connectivity index (χ2v) is 5.77. The summed E-state index contributed by atoms with van der Waals surface area (Å²) in [4.78, 5) is 17.6. The monoisotopic (exact) mass is 290 g/mol. The quantitative estimate of drug-likeness (QED) is 0.884. The van der Waals surface area contributed by atoms with Crippen LogP contribution < -0.4 is 0 Å². The molecule has 0 amide bonds. The van der Waals surface area contributed by atoms with Gasteiger partial charge in [0.2, 0.25) is 0 Å². The summed E-state index contributed by atoms with van der Waals surface area (Å²) in [6.45, 7) is 5.84. The number of H-pyrrole nitrogens is 1. The van der Waals surface area contributed by atoms with E-state index < -0.39 is 0 Å². The van der Waals surface area contributed by atoms with Gasteiger partial charge in [0.15, 0.2) is 5.78 Å². The van der Waals surface area contributed by atoms with Gasteiger partial charge in [-0.15, -0.1) is 0 Å². The van der Waals surface area contributed by atoms with Crippen LogP contribution in [0, 0.1) is 5.82 Å². The minimum absolute atomic E-state index is 0.00755. The molecule has 2 heterocycles. The zero-order chi connectivity index (χ0) is 15.0. The molecule has 5 heteroatoms. The molecule has 0 saturated carbocycles. The van der Waals surface area contributed by atoms with Gasteiger partial charge < -0.3 is 9.72 Å². The molecule has 1 aliphatic rings. The van der Waals surface area contributed by atoms with Crippen LogP contribution >= 0.6 is 0 Å². The maximum Gasteiger partial charge on any atom is 0.178 e. The maximum atomic E-state index is 13.4. The number of ether oxygens (including phenoxy) is 1. The number of Topliss-reactive ketones (excluding diaryl/α,β-unsaturated/α-hetero) is 1. The lowest BCUT2D eigenvalue weighted by Crippen LogP contribution is -2.47. The van der Waals surface area contributed by atoms with Crippen LogP contribution in [0.4, 0.5) is 4.39 Å². The number of ketones is 1. The first-order valence-corrected chi connectivity index (χ1v) is 7.20. The summed E-state index contributed by atoms with van der Waals surface area (Å²) in [6.07, 6.45) is 1.92. The Labute approximate surface area is 122 Å². The SMILES string of the molecule is CC1CN(CC(=O)c2c[nH]c3ccc(F)cc23)CC(C)O1. The molecule has 0 spiro atoms. The van der Waals surface area contributed by atoms with Gasteiger partial charge in [-0.1, -0.05) is 0 Å². The second-order valence-electron chi connectivity index (χ2n) is 5.77.